The van der Waals surface area contributed by atoms with Gasteiger partial charge in [-0.3, -0.25) is 4.79 Å². The Morgan fingerprint density at radius 3 is 2.73 bits per heavy atom. The van der Waals surface area contributed by atoms with Gasteiger partial charge < -0.3 is 14.6 Å². The van der Waals surface area contributed by atoms with Crippen LogP contribution >= 0.6 is 0 Å². The number of fused-ring (bicyclic) bond motifs is 1. The van der Waals surface area contributed by atoms with Gasteiger partial charge in [0.25, 0.3) is 0 Å². The van der Waals surface area contributed by atoms with Crippen molar-refractivity contribution < 1.29 is 9.53 Å². The average molecular weight is 349 g/mol. The van der Waals surface area contributed by atoms with Crippen LogP contribution in [0.4, 0.5) is 0 Å². The molecule has 1 heterocycles. The van der Waals surface area contributed by atoms with Gasteiger partial charge in [0, 0.05) is 19.5 Å². The number of allylic oxidation sites excluding steroid dienone is 1. The molecule has 26 heavy (non-hydrogen) atoms. The number of hydrogen-bond acceptors (Lipinski definition) is 3. The van der Waals surface area contributed by atoms with Crippen molar-refractivity contribution in [2.45, 2.75) is 19.4 Å². The smallest absolute Gasteiger partial charge is 0.224 e. The van der Waals surface area contributed by atoms with Crippen LogP contribution in [0.25, 0.3) is 11.0 Å². The van der Waals surface area contributed by atoms with Crippen molar-refractivity contribution in [1.29, 1.82) is 0 Å². The second-order valence-electron chi connectivity index (χ2n) is 6.04. The standard InChI is InChI=1S/C21H23N3O2/c1-3-14-24-19-7-5-4-6-18(19)23-20(24)12-13-22-21(25)15-16-8-10-17(26-2)11-9-16/h3-11H,1,12-15H2,2H3,(H,22,25). The van der Waals surface area contributed by atoms with Gasteiger partial charge in [-0.2, -0.15) is 0 Å². The zero-order valence-electron chi connectivity index (χ0n) is 14.9. The van der Waals surface area contributed by atoms with Crippen LogP contribution in [0.3, 0.4) is 0 Å². The number of nitrogens with one attached hydrogen (secondary N) is 1. The number of imidazole rings is 1. The number of carbonyl (C=O) groups is 1. The summed E-state index contributed by atoms with van der Waals surface area (Å²) < 4.78 is 7.26. The van der Waals surface area contributed by atoms with E-state index in [-0.39, 0.29) is 5.91 Å². The Hall–Kier alpha value is -3.08. The topological polar surface area (TPSA) is 56.2 Å². The van der Waals surface area contributed by atoms with Crippen molar-refractivity contribution in [2.24, 2.45) is 0 Å². The molecule has 0 radical (unpaired) electrons. The number of methoxy groups -OCH3 is 1. The molecule has 0 aliphatic carbocycles. The minimum Gasteiger partial charge on any atom is -0.497 e. The van der Waals surface area contributed by atoms with Crippen molar-refractivity contribution in [3.8, 4) is 5.75 Å². The number of ether oxygens (including phenoxy) is 1. The summed E-state index contributed by atoms with van der Waals surface area (Å²) in [5.41, 5.74) is 3.02. The van der Waals surface area contributed by atoms with Crippen LogP contribution in [0.1, 0.15) is 11.4 Å². The van der Waals surface area contributed by atoms with Crippen LogP contribution in [0, 0.1) is 0 Å². The third kappa shape index (κ3) is 4.11. The summed E-state index contributed by atoms with van der Waals surface area (Å²) in [4.78, 5) is 16.8. The van der Waals surface area contributed by atoms with E-state index in [9.17, 15) is 4.79 Å². The summed E-state index contributed by atoms with van der Waals surface area (Å²) in [6.45, 7) is 5.08. The van der Waals surface area contributed by atoms with Gasteiger partial charge in [-0.05, 0) is 29.8 Å². The van der Waals surface area contributed by atoms with Gasteiger partial charge in [0.2, 0.25) is 5.91 Å². The van der Waals surface area contributed by atoms with E-state index in [1.807, 2.05) is 48.5 Å². The molecule has 3 aromatic rings. The predicted molar refractivity (Wildman–Crippen MR) is 103 cm³/mol. The number of amides is 1. The molecule has 0 saturated carbocycles. The zero-order valence-corrected chi connectivity index (χ0v) is 14.9. The molecule has 0 saturated heterocycles. The van der Waals surface area contributed by atoms with E-state index >= 15 is 0 Å². The third-order valence-corrected chi connectivity index (χ3v) is 4.24. The van der Waals surface area contributed by atoms with Crippen molar-refractivity contribution in [1.82, 2.24) is 14.9 Å². The molecule has 5 heteroatoms. The Bertz CT molecular complexity index is 897. The average Bonchev–Trinajstić information content (AvgIpc) is 3.00. The summed E-state index contributed by atoms with van der Waals surface area (Å²) in [5.74, 6) is 1.74. The molecule has 0 spiro atoms. The Morgan fingerprint density at radius 2 is 2.00 bits per heavy atom. The van der Waals surface area contributed by atoms with E-state index in [1.165, 1.54) is 0 Å². The summed E-state index contributed by atoms with van der Waals surface area (Å²) in [5, 5.41) is 2.97. The van der Waals surface area contributed by atoms with E-state index in [0.29, 0.717) is 25.9 Å². The predicted octanol–water partition coefficient (Wildman–Crippen LogP) is 3.13. The highest BCUT2D eigenvalue weighted by atomic mass is 16.5. The molecule has 0 aliphatic rings. The summed E-state index contributed by atoms with van der Waals surface area (Å²) >= 11 is 0. The number of rotatable bonds is 8. The number of benzene rings is 2. The molecular formula is C21H23N3O2. The fourth-order valence-corrected chi connectivity index (χ4v) is 2.95. The second-order valence-corrected chi connectivity index (χ2v) is 6.04. The molecule has 0 fully saturated rings. The summed E-state index contributed by atoms with van der Waals surface area (Å²) in [6, 6.07) is 15.6. The molecule has 5 nitrogen and oxygen atoms in total. The van der Waals surface area contributed by atoms with E-state index < -0.39 is 0 Å². The van der Waals surface area contributed by atoms with Crippen LogP contribution in [0.5, 0.6) is 5.75 Å². The van der Waals surface area contributed by atoms with Crippen molar-refractivity contribution in [3.63, 3.8) is 0 Å². The first-order chi connectivity index (χ1) is 12.7. The van der Waals surface area contributed by atoms with E-state index in [2.05, 4.69) is 27.5 Å². The van der Waals surface area contributed by atoms with E-state index in [1.54, 1.807) is 7.11 Å². The van der Waals surface area contributed by atoms with Gasteiger partial charge in [0.05, 0.1) is 24.6 Å². The first-order valence-corrected chi connectivity index (χ1v) is 8.66. The molecule has 2 aromatic carbocycles. The van der Waals surface area contributed by atoms with Crippen molar-refractivity contribution in [3.05, 3.63) is 72.6 Å². The quantitative estimate of drug-likeness (QED) is 0.636. The van der Waals surface area contributed by atoms with Gasteiger partial charge in [-0.1, -0.05) is 30.3 Å². The van der Waals surface area contributed by atoms with Crippen LogP contribution in [-0.2, 0) is 24.2 Å². The highest BCUT2D eigenvalue weighted by Gasteiger charge is 2.10. The monoisotopic (exact) mass is 349 g/mol. The highest BCUT2D eigenvalue weighted by Crippen LogP contribution is 2.16. The molecule has 1 amide bonds. The number of para-hydroxylation sites is 2. The molecule has 3 rings (SSSR count). The maximum Gasteiger partial charge on any atom is 0.224 e. The van der Waals surface area contributed by atoms with Gasteiger partial charge in [-0.15, -0.1) is 6.58 Å². The lowest BCUT2D eigenvalue weighted by atomic mass is 10.1. The summed E-state index contributed by atoms with van der Waals surface area (Å²) in [7, 11) is 1.63. The third-order valence-electron chi connectivity index (χ3n) is 4.24. The Kier molecular flexibility index (Phi) is 5.69. The maximum atomic E-state index is 12.2. The SMILES string of the molecule is C=CCn1c(CCNC(=O)Cc2ccc(OC)cc2)nc2ccccc21. The molecular weight excluding hydrogens is 326 g/mol. The number of aromatic nitrogens is 2. The lowest BCUT2D eigenvalue weighted by molar-refractivity contribution is -0.120. The van der Waals surface area contributed by atoms with Gasteiger partial charge >= 0.3 is 0 Å². The van der Waals surface area contributed by atoms with Gasteiger partial charge in [0.1, 0.15) is 11.6 Å². The highest BCUT2D eigenvalue weighted by molar-refractivity contribution is 5.78. The van der Waals surface area contributed by atoms with E-state index in [0.717, 1.165) is 28.2 Å². The fourth-order valence-electron chi connectivity index (χ4n) is 2.95. The molecule has 0 unspecified atom stereocenters. The molecule has 0 bridgehead atoms. The maximum absolute atomic E-state index is 12.2. The molecule has 1 aromatic heterocycles. The van der Waals surface area contributed by atoms with Crippen LogP contribution in [0.15, 0.2) is 61.2 Å². The Labute approximate surface area is 153 Å². The van der Waals surface area contributed by atoms with E-state index in [4.69, 9.17) is 4.74 Å². The lowest BCUT2D eigenvalue weighted by Gasteiger charge is -2.08. The number of carbonyl (C=O) groups excluding carboxylic acids is 1. The van der Waals surface area contributed by atoms with Crippen molar-refractivity contribution >= 4 is 16.9 Å². The number of nitrogens with zero attached hydrogens (tertiary/aromatic N) is 2. The van der Waals surface area contributed by atoms with Gasteiger partial charge in [0.15, 0.2) is 0 Å². The normalized spacial score (nSPS) is 10.7. The van der Waals surface area contributed by atoms with Crippen LogP contribution < -0.4 is 10.1 Å². The molecule has 134 valence electrons. The molecule has 1 N–H and O–H groups in total. The zero-order chi connectivity index (χ0) is 18.4. The van der Waals surface area contributed by atoms with Crippen molar-refractivity contribution in [2.75, 3.05) is 13.7 Å². The first-order valence-electron chi connectivity index (χ1n) is 8.66. The minimum absolute atomic E-state index is 0.00143. The Balaban J connectivity index is 1.58. The summed E-state index contributed by atoms with van der Waals surface area (Å²) in [6.07, 6.45) is 2.89. The first kappa shape index (κ1) is 17.7. The number of hydrogen-bond donors (Lipinski definition) is 1. The van der Waals surface area contributed by atoms with Gasteiger partial charge in [-0.25, -0.2) is 4.98 Å². The minimum atomic E-state index is 0.00143. The second kappa shape index (κ2) is 8.34. The van der Waals surface area contributed by atoms with Crippen LogP contribution in [0.2, 0.25) is 0 Å². The fraction of sp³-hybridized carbons (Fsp3) is 0.238. The molecule has 0 atom stereocenters. The lowest BCUT2D eigenvalue weighted by Crippen LogP contribution is -2.27. The molecule has 0 aliphatic heterocycles. The van der Waals surface area contributed by atoms with Crippen LogP contribution in [-0.4, -0.2) is 29.1 Å². The largest absolute Gasteiger partial charge is 0.497 e. The Morgan fingerprint density at radius 1 is 1.23 bits per heavy atom.